The minimum Gasteiger partial charge on any atom is -0.306 e. The summed E-state index contributed by atoms with van der Waals surface area (Å²) in [5, 5.41) is 1.42. The number of alkyl halides is 2. The number of benzene rings is 2. The van der Waals surface area contributed by atoms with Gasteiger partial charge in [0, 0.05) is 29.5 Å². The van der Waals surface area contributed by atoms with E-state index in [1.807, 2.05) is 12.1 Å². The van der Waals surface area contributed by atoms with Crippen LogP contribution in [0.15, 0.2) is 64.4 Å². The Hall–Kier alpha value is -3.35. The first kappa shape index (κ1) is 16.1. The predicted molar refractivity (Wildman–Crippen MR) is 95.0 cm³/mol. The molecule has 0 saturated carbocycles. The molecular weight excluding hydrogens is 340 g/mol. The van der Waals surface area contributed by atoms with Crippen LogP contribution < -0.4 is 11.2 Å². The first-order valence-electron chi connectivity index (χ1n) is 7.87. The van der Waals surface area contributed by atoms with Crippen LogP contribution in [0.5, 0.6) is 0 Å². The molecule has 0 spiro atoms. The lowest BCUT2D eigenvalue weighted by Gasteiger charge is -2.12. The van der Waals surface area contributed by atoms with Gasteiger partial charge < -0.3 is 4.98 Å². The standard InChI is InChI=1S/C19H13F2N3O2/c1-19(20,21)12-6-7-15-14(8-12)17(25)24(18(26)23-15)16-10-22-9-11-4-2-3-5-13(11)16/h2-10H,1H3,(H,23,26). The average Bonchev–Trinajstić information content (AvgIpc) is 2.61. The monoisotopic (exact) mass is 353 g/mol. The summed E-state index contributed by atoms with van der Waals surface area (Å²) in [6.07, 6.45) is 3.03. The van der Waals surface area contributed by atoms with E-state index >= 15 is 0 Å². The smallest absolute Gasteiger partial charge is 0.306 e. The van der Waals surface area contributed by atoms with Crippen molar-refractivity contribution in [3.63, 3.8) is 0 Å². The number of fused-ring (bicyclic) bond motifs is 2. The Morgan fingerprint density at radius 2 is 1.81 bits per heavy atom. The average molecular weight is 353 g/mol. The normalized spacial score (nSPS) is 12.0. The van der Waals surface area contributed by atoms with E-state index in [1.54, 1.807) is 18.3 Å². The summed E-state index contributed by atoms with van der Waals surface area (Å²) in [4.78, 5) is 32.1. The number of hydrogen-bond donors (Lipinski definition) is 1. The van der Waals surface area contributed by atoms with Crippen LogP contribution in [0, 0.1) is 0 Å². The Morgan fingerprint density at radius 1 is 1.04 bits per heavy atom. The van der Waals surface area contributed by atoms with Crippen molar-refractivity contribution in [3.05, 3.63) is 81.3 Å². The van der Waals surface area contributed by atoms with Crippen molar-refractivity contribution in [1.82, 2.24) is 14.5 Å². The molecule has 26 heavy (non-hydrogen) atoms. The predicted octanol–water partition coefficient (Wildman–Crippen LogP) is 3.34. The molecule has 5 nitrogen and oxygen atoms in total. The molecule has 4 aromatic rings. The number of pyridine rings is 1. The molecule has 0 amide bonds. The summed E-state index contributed by atoms with van der Waals surface area (Å²) >= 11 is 0. The second-order valence-electron chi connectivity index (χ2n) is 6.10. The fourth-order valence-corrected chi connectivity index (χ4v) is 2.98. The summed E-state index contributed by atoms with van der Waals surface area (Å²) < 4.78 is 28.2. The Kier molecular flexibility index (Phi) is 3.47. The fourth-order valence-electron chi connectivity index (χ4n) is 2.98. The molecule has 0 saturated heterocycles. The molecule has 0 atom stereocenters. The lowest BCUT2D eigenvalue weighted by atomic mass is 10.1. The van der Waals surface area contributed by atoms with Gasteiger partial charge in [0.25, 0.3) is 11.5 Å². The van der Waals surface area contributed by atoms with Gasteiger partial charge in [-0.05, 0) is 12.1 Å². The maximum atomic E-state index is 13.6. The maximum absolute atomic E-state index is 13.6. The molecule has 2 aromatic carbocycles. The Bertz CT molecular complexity index is 1260. The van der Waals surface area contributed by atoms with Gasteiger partial charge in [-0.25, -0.2) is 18.1 Å². The highest BCUT2D eigenvalue weighted by Gasteiger charge is 2.25. The zero-order valence-electron chi connectivity index (χ0n) is 13.7. The van der Waals surface area contributed by atoms with E-state index in [1.165, 1.54) is 18.3 Å². The summed E-state index contributed by atoms with van der Waals surface area (Å²) in [5.74, 6) is -3.09. The number of rotatable bonds is 2. The van der Waals surface area contributed by atoms with Gasteiger partial charge in [0.2, 0.25) is 0 Å². The molecule has 0 fully saturated rings. The Labute approximate surface area is 145 Å². The van der Waals surface area contributed by atoms with Gasteiger partial charge >= 0.3 is 5.69 Å². The van der Waals surface area contributed by atoms with E-state index in [0.29, 0.717) is 11.1 Å². The van der Waals surface area contributed by atoms with Gasteiger partial charge in [0.05, 0.1) is 22.8 Å². The van der Waals surface area contributed by atoms with Gasteiger partial charge in [-0.2, -0.15) is 0 Å². The number of H-pyrrole nitrogens is 1. The first-order chi connectivity index (χ1) is 12.4. The van der Waals surface area contributed by atoms with Gasteiger partial charge in [-0.3, -0.25) is 9.78 Å². The van der Waals surface area contributed by atoms with Crippen molar-refractivity contribution >= 4 is 21.7 Å². The number of nitrogens with zero attached hydrogens (tertiary/aromatic N) is 2. The van der Waals surface area contributed by atoms with Crippen LogP contribution in [0.2, 0.25) is 0 Å². The topological polar surface area (TPSA) is 67.8 Å². The second-order valence-corrected chi connectivity index (χ2v) is 6.10. The van der Waals surface area contributed by atoms with Crippen molar-refractivity contribution in [2.75, 3.05) is 0 Å². The number of hydrogen-bond acceptors (Lipinski definition) is 3. The van der Waals surface area contributed by atoms with Crippen LogP contribution in [0.25, 0.3) is 27.4 Å². The van der Waals surface area contributed by atoms with Crippen molar-refractivity contribution in [1.29, 1.82) is 0 Å². The molecule has 2 heterocycles. The molecule has 0 bridgehead atoms. The van der Waals surface area contributed by atoms with Gasteiger partial charge in [-0.1, -0.05) is 30.3 Å². The van der Waals surface area contributed by atoms with Crippen LogP contribution in [-0.2, 0) is 5.92 Å². The molecule has 130 valence electrons. The van der Waals surface area contributed by atoms with Crippen LogP contribution in [0.3, 0.4) is 0 Å². The molecule has 4 rings (SSSR count). The maximum Gasteiger partial charge on any atom is 0.333 e. The number of nitrogens with one attached hydrogen (secondary N) is 1. The Morgan fingerprint density at radius 3 is 2.58 bits per heavy atom. The zero-order chi connectivity index (χ0) is 18.5. The lowest BCUT2D eigenvalue weighted by molar-refractivity contribution is 0.0176. The number of aromatic nitrogens is 3. The third-order valence-electron chi connectivity index (χ3n) is 4.29. The summed E-state index contributed by atoms with van der Waals surface area (Å²) in [7, 11) is 0. The first-order valence-corrected chi connectivity index (χ1v) is 7.87. The van der Waals surface area contributed by atoms with Crippen LogP contribution >= 0.6 is 0 Å². The molecule has 0 aliphatic rings. The van der Waals surface area contributed by atoms with E-state index in [-0.39, 0.29) is 16.5 Å². The lowest BCUT2D eigenvalue weighted by Crippen LogP contribution is -2.34. The molecule has 7 heteroatoms. The molecule has 0 aliphatic carbocycles. The van der Waals surface area contributed by atoms with E-state index in [0.717, 1.165) is 22.9 Å². The third-order valence-corrected chi connectivity index (χ3v) is 4.29. The van der Waals surface area contributed by atoms with Gasteiger partial charge in [-0.15, -0.1) is 0 Å². The fraction of sp³-hybridized carbons (Fsp3) is 0.105. The minimum absolute atomic E-state index is 0.0107. The highest BCUT2D eigenvalue weighted by molar-refractivity contribution is 5.89. The zero-order valence-corrected chi connectivity index (χ0v) is 13.7. The van der Waals surface area contributed by atoms with Crippen molar-refractivity contribution in [3.8, 4) is 5.69 Å². The van der Waals surface area contributed by atoms with Crippen molar-refractivity contribution < 1.29 is 8.78 Å². The van der Waals surface area contributed by atoms with Crippen LogP contribution in [0.1, 0.15) is 12.5 Å². The van der Waals surface area contributed by atoms with Gasteiger partial charge in [0.15, 0.2) is 0 Å². The molecular formula is C19H13F2N3O2. The second kappa shape index (κ2) is 5.59. The molecule has 0 unspecified atom stereocenters. The van der Waals surface area contributed by atoms with E-state index in [4.69, 9.17) is 0 Å². The largest absolute Gasteiger partial charge is 0.333 e. The molecule has 0 radical (unpaired) electrons. The third kappa shape index (κ3) is 2.48. The SMILES string of the molecule is CC(F)(F)c1ccc2[nH]c(=O)n(-c3cncc4ccccc34)c(=O)c2c1. The minimum atomic E-state index is -3.09. The molecule has 0 aliphatic heterocycles. The highest BCUT2D eigenvalue weighted by atomic mass is 19.3. The molecule has 1 N–H and O–H groups in total. The summed E-state index contributed by atoms with van der Waals surface area (Å²) in [6, 6.07) is 10.8. The van der Waals surface area contributed by atoms with E-state index in [2.05, 4.69) is 9.97 Å². The summed E-state index contributed by atoms with van der Waals surface area (Å²) in [5.41, 5.74) is -1.12. The highest BCUT2D eigenvalue weighted by Crippen LogP contribution is 2.28. The van der Waals surface area contributed by atoms with Crippen molar-refractivity contribution in [2.45, 2.75) is 12.8 Å². The van der Waals surface area contributed by atoms with E-state index < -0.39 is 17.2 Å². The number of aromatic amines is 1. The molecule has 2 aromatic heterocycles. The van der Waals surface area contributed by atoms with Crippen LogP contribution in [-0.4, -0.2) is 14.5 Å². The van der Waals surface area contributed by atoms with Gasteiger partial charge in [0.1, 0.15) is 0 Å². The number of halogens is 2. The van der Waals surface area contributed by atoms with E-state index in [9.17, 15) is 18.4 Å². The summed E-state index contributed by atoms with van der Waals surface area (Å²) in [6.45, 7) is 0.757. The van der Waals surface area contributed by atoms with Crippen LogP contribution in [0.4, 0.5) is 8.78 Å². The Balaban J connectivity index is 2.10. The quantitative estimate of drug-likeness (QED) is 0.601. The van der Waals surface area contributed by atoms with Crippen molar-refractivity contribution in [2.24, 2.45) is 0 Å².